The van der Waals surface area contributed by atoms with Gasteiger partial charge in [0.2, 0.25) is 0 Å². The van der Waals surface area contributed by atoms with E-state index < -0.39 is 16.4 Å². The molecule has 0 aliphatic rings. The van der Waals surface area contributed by atoms with Crippen molar-refractivity contribution in [1.29, 1.82) is 0 Å². The van der Waals surface area contributed by atoms with E-state index >= 15 is 0 Å². The molecule has 1 heterocycles. The van der Waals surface area contributed by atoms with E-state index in [2.05, 4.69) is 15.3 Å². The Labute approximate surface area is 88.4 Å². The van der Waals surface area contributed by atoms with Crippen molar-refractivity contribution in [2.24, 2.45) is 0 Å². The predicted molar refractivity (Wildman–Crippen MR) is 56.0 cm³/mol. The van der Waals surface area contributed by atoms with Crippen molar-refractivity contribution in [3.63, 3.8) is 0 Å². The molecule has 1 aromatic carbocycles. The Morgan fingerprint density at radius 1 is 1.31 bits per heavy atom. The van der Waals surface area contributed by atoms with Gasteiger partial charge in [-0.15, -0.1) is 0 Å². The molecular weight excluding hydrogens is 214 g/mol. The second kappa shape index (κ2) is 3.61. The van der Waals surface area contributed by atoms with Crippen LogP contribution in [0.5, 0.6) is 5.75 Å². The van der Waals surface area contributed by atoms with Gasteiger partial charge in [0.25, 0.3) is 16.4 Å². The van der Waals surface area contributed by atoms with Crippen LogP contribution in [-0.2, 0) is 0 Å². The molecule has 0 aliphatic carbocycles. The summed E-state index contributed by atoms with van der Waals surface area (Å²) in [5.74, 6) is -0.0757. The van der Waals surface area contributed by atoms with Crippen molar-refractivity contribution in [1.82, 2.24) is 9.97 Å². The van der Waals surface area contributed by atoms with Gasteiger partial charge < -0.3 is 15.0 Å². The van der Waals surface area contributed by atoms with Crippen LogP contribution in [0.4, 0.5) is 11.4 Å². The van der Waals surface area contributed by atoms with Crippen LogP contribution >= 0.6 is 0 Å². The molecule has 16 heavy (non-hydrogen) atoms. The van der Waals surface area contributed by atoms with E-state index in [0.717, 1.165) is 0 Å². The molecule has 2 N–H and O–H groups in total. The van der Waals surface area contributed by atoms with Crippen molar-refractivity contribution in [3.8, 4) is 5.75 Å². The normalized spacial score (nSPS) is 10.3. The van der Waals surface area contributed by atoms with Gasteiger partial charge >= 0.3 is 0 Å². The molecule has 0 spiro atoms. The Hall–Kier alpha value is -2.44. The number of aromatic amines is 1. The van der Waals surface area contributed by atoms with Crippen LogP contribution in [0.2, 0.25) is 0 Å². The molecule has 1 aromatic heterocycles. The minimum absolute atomic E-state index is 0.0222. The van der Waals surface area contributed by atoms with Crippen LogP contribution in [0, 0.1) is 0 Å². The highest BCUT2D eigenvalue weighted by atomic mass is 16.5. The molecule has 0 amide bonds. The van der Waals surface area contributed by atoms with E-state index in [9.17, 15) is 14.4 Å². The summed E-state index contributed by atoms with van der Waals surface area (Å²) in [5, 5.41) is 2.51. The minimum Gasteiger partial charge on any atom is -0.491 e. The highest BCUT2D eigenvalue weighted by Crippen LogP contribution is 2.19. The maximum Gasteiger partial charge on any atom is 0.274 e. The van der Waals surface area contributed by atoms with E-state index in [0.29, 0.717) is 0 Å². The number of nitrogens with one attached hydrogen (secondary N) is 2. The van der Waals surface area contributed by atoms with Crippen LogP contribution < -0.4 is 26.5 Å². The van der Waals surface area contributed by atoms with Gasteiger partial charge in [-0.1, -0.05) is 0 Å². The summed E-state index contributed by atoms with van der Waals surface area (Å²) in [7, 11) is 1.27. The first kappa shape index (κ1) is 10.1. The zero-order chi connectivity index (χ0) is 11.7. The van der Waals surface area contributed by atoms with Gasteiger partial charge in [-0.05, 0) is 0 Å². The van der Waals surface area contributed by atoms with E-state index in [1.54, 1.807) is 0 Å². The van der Waals surface area contributed by atoms with Crippen molar-refractivity contribution >= 4 is 11.4 Å². The number of nitrogens with zero attached hydrogens (tertiary/aromatic N) is 1. The van der Waals surface area contributed by atoms with Crippen LogP contribution in [0.1, 0.15) is 0 Å². The Morgan fingerprint density at radius 3 is 2.69 bits per heavy atom. The first-order valence-corrected chi connectivity index (χ1v) is 4.32. The number of ether oxygens (including phenoxy) is 1. The lowest BCUT2D eigenvalue weighted by molar-refractivity contribution is 0.408. The summed E-state index contributed by atoms with van der Waals surface area (Å²) in [6.07, 6.45) is 2.46. The van der Waals surface area contributed by atoms with Crippen molar-refractivity contribution < 1.29 is 4.74 Å². The second-order valence-electron chi connectivity index (χ2n) is 2.99. The Bertz CT molecular complexity index is 651. The average molecular weight is 221 g/mol. The summed E-state index contributed by atoms with van der Waals surface area (Å²) < 4.78 is 4.71. The van der Waals surface area contributed by atoms with E-state index in [-0.39, 0.29) is 17.1 Å². The Balaban J connectivity index is 2.40. The fourth-order valence-corrected chi connectivity index (χ4v) is 1.25. The van der Waals surface area contributed by atoms with Gasteiger partial charge in [0.15, 0.2) is 5.75 Å². The van der Waals surface area contributed by atoms with Crippen LogP contribution in [0.15, 0.2) is 26.9 Å². The highest BCUT2D eigenvalue weighted by Gasteiger charge is 2.22. The maximum absolute atomic E-state index is 11.3. The first-order chi connectivity index (χ1) is 7.65. The molecule has 82 valence electrons. The predicted octanol–water partition coefficient (Wildman–Crippen LogP) is -0.882. The number of methoxy groups -OCH3 is 1. The van der Waals surface area contributed by atoms with Gasteiger partial charge in [0, 0.05) is 0 Å². The maximum atomic E-state index is 11.3. The molecule has 0 unspecified atom stereocenters. The molecule has 7 heteroatoms. The minimum atomic E-state index is -0.708. The molecule has 2 rings (SSSR count). The molecule has 0 fully saturated rings. The van der Waals surface area contributed by atoms with Crippen LogP contribution in [0.3, 0.4) is 0 Å². The molecular formula is C9H7N3O4. The van der Waals surface area contributed by atoms with Crippen LogP contribution in [-0.4, -0.2) is 17.1 Å². The third-order valence-corrected chi connectivity index (χ3v) is 2.05. The van der Waals surface area contributed by atoms with Gasteiger partial charge in [-0.2, -0.15) is 0 Å². The number of hydrogen-bond acceptors (Lipinski definition) is 6. The number of rotatable bonds is 3. The van der Waals surface area contributed by atoms with E-state index in [1.807, 2.05) is 0 Å². The molecule has 0 atom stereocenters. The fraction of sp³-hybridized carbons (Fsp3) is 0.111. The first-order valence-electron chi connectivity index (χ1n) is 4.32. The van der Waals surface area contributed by atoms with Gasteiger partial charge in [-0.25, -0.2) is 4.98 Å². The van der Waals surface area contributed by atoms with Crippen molar-refractivity contribution in [2.75, 3.05) is 12.4 Å². The summed E-state index contributed by atoms with van der Waals surface area (Å²) in [5.41, 5.74) is -1.80. The SMILES string of the molecule is COc1c(Nc2cnc[nH]c2=O)c(=O)c1=O. The largest absolute Gasteiger partial charge is 0.491 e. The van der Waals surface area contributed by atoms with Gasteiger partial charge in [0.1, 0.15) is 11.4 Å². The highest BCUT2D eigenvalue weighted by molar-refractivity contribution is 5.68. The molecule has 7 nitrogen and oxygen atoms in total. The number of H-pyrrole nitrogens is 1. The van der Waals surface area contributed by atoms with Crippen molar-refractivity contribution in [3.05, 3.63) is 43.3 Å². The van der Waals surface area contributed by atoms with E-state index in [4.69, 9.17) is 4.74 Å². The molecule has 0 bridgehead atoms. The summed E-state index contributed by atoms with van der Waals surface area (Å²) in [4.78, 5) is 39.4. The number of anilines is 2. The lowest BCUT2D eigenvalue weighted by atomic mass is 10.2. The van der Waals surface area contributed by atoms with Gasteiger partial charge in [0.05, 0.1) is 19.6 Å². The monoisotopic (exact) mass is 221 g/mol. The standard InChI is InChI=1S/C9H7N3O4/c1-16-8-5(6(13)7(8)14)12-4-2-10-3-11-9(4)15/h2-3,12H,1H3,(H,10,11,15). The van der Waals surface area contributed by atoms with E-state index in [1.165, 1.54) is 19.6 Å². The summed E-state index contributed by atoms with van der Waals surface area (Å²) in [6.45, 7) is 0. The average Bonchev–Trinajstić information content (AvgIpc) is 2.30. The second-order valence-corrected chi connectivity index (χ2v) is 2.99. The zero-order valence-electron chi connectivity index (χ0n) is 8.23. The quantitative estimate of drug-likeness (QED) is 0.652. The molecule has 0 radical (unpaired) electrons. The topological polar surface area (TPSA) is 101 Å². The number of hydrogen-bond donors (Lipinski definition) is 2. The molecule has 2 aromatic rings. The lowest BCUT2D eigenvalue weighted by Crippen LogP contribution is -2.35. The third-order valence-electron chi connectivity index (χ3n) is 2.05. The molecule has 0 aliphatic heterocycles. The molecule has 0 saturated heterocycles. The van der Waals surface area contributed by atoms with Crippen LogP contribution in [0.25, 0.3) is 0 Å². The van der Waals surface area contributed by atoms with Gasteiger partial charge in [-0.3, -0.25) is 14.4 Å². The summed E-state index contributed by atoms with van der Waals surface area (Å²) >= 11 is 0. The summed E-state index contributed by atoms with van der Waals surface area (Å²) in [6, 6.07) is 0. The fourth-order valence-electron chi connectivity index (χ4n) is 1.25. The zero-order valence-corrected chi connectivity index (χ0v) is 8.23. The third kappa shape index (κ3) is 1.38. The number of aromatic nitrogens is 2. The van der Waals surface area contributed by atoms with Crippen molar-refractivity contribution in [2.45, 2.75) is 0 Å². The smallest absolute Gasteiger partial charge is 0.274 e. The Kier molecular flexibility index (Phi) is 2.28. The molecule has 0 saturated carbocycles. The Morgan fingerprint density at radius 2 is 2.06 bits per heavy atom. The lowest BCUT2D eigenvalue weighted by Gasteiger charge is -2.10.